The van der Waals surface area contributed by atoms with Crippen LogP contribution in [0.4, 0.5) is 10.2 Å². The Morgan fingerprint density at radius 2 is 1.83 bits per heavy atom. The smallest absolute Gasteiger partial charge is 0.256 e. The molecule has 1 saturated heterocycles. The van der Waals surface area contributed by atoms with Gasteiger partial charge in [-0.25, -0.2) is 9.37 Å². The molecule has 5 rings (SSSR count). The average molecular weight is 474 g/mol. The van der Waals surface area contributed by atoms with Crippen molar-refractivity contribution in [2.45, 2.75) is 26.2 Å². The fourth-order valence-corrected chi connectivity index (χ4v) is 4.85. The Morgan fingerprint density at radius 3 is 2.46 bits per heavy atom. The topological polar surface area (TPSA) is 61.4 Å². The van der Waals surface area contributed by atoms with Gasteiger partial charge in [-0.15, -0.1) is 0 Å². The van der Waals surface area contributed by atoms with Gasteiger partial charge in [-0.2, -0.15) is 0 Å². The molecule has 1 saturated carbocycles. The minimum atomic E-state index is -0.489. The summed E-state index contributed by atoms with van der Waals surface area (Å²) in [7, 11) is 1.83. The summed E-state index contributed by atoms with van der Waals surface area (Å²) < 4.78 is 15.3. The molecule has 1 amide bonds. The lowest BCUT2D eigenvalue weighted by Gasteiger charge is -2.34. The number of piperazine rings is 1. The predicted octanol–water partition coefficient (Wildman–Crippen LogP) is 4.72. The quantitative estimate of drug-likeness (QED) is 0.538. The van der Waals surface area contributed by atoms with Crippen molar-refractivity contribution < 1.29 is 9.18 Å². The number of hydrogen-bond donors (Lipinski definition) is 1. The Bertz CT molecular complexity index is 1200. The van der Waals surface area contributed by atoms with Gasteiger partial charge in [-0.3, -0.25) is 14.7 Å². The maximum atomic E-state index is 15.3. The van der Waals surface area contributed by atoms with E-state index in [-0.39, 0.29) is 11.5 Å². The molecule has 2 fully saturated rings. The van der Waals surface area contributed by atoms with Crippen molar-refractivity contribution in [2.75, 3.05) is 45.1 Å². The highest BCUT2D eigenvalue weighted by atomic mass is 19.1. The van der Waals surface area contributed by atoms with Crippen molar-refractivity contribution in [2.24, 2.45) is 5.92 Å². The Kier molecular flexibility index (Phi) is 6.77. The Morgan fingerprint density at radius 1 is 1.06 bits per heavy atom. The van der Waals surface area contributed by atoms with Crippen LogP contribution in [0.2, 0.25) is 0 Å². The number of aryl methyl sites for hydroxylation is 1. The van der Waals surface area contributed by atoms with Crippen LogP contribution < -0.4 is 5.32 Å². The molecule has 3 aromatic rings. The van der Waals surface area contributed by atoms with Gasteiger partial charge in [0.15, 0.2) is 0 Å². The molecule has 35 heavy (non-hydrogen) atoms. The van der Waals surface area contributed by atoms with Crippen LogP contribution in [0.25, 0.3) is 22.3 Å². The third-order valence-electron chi connectivity index (χ3n) is 7.06. The van der Waals surface area contributed by atoms with Gasteiger partial charge < -0.3 is 10.2 Å². The van der Waals surface area contributed by atoms with Gasteiger partial charge >= 0.3 is 0 Å². The van der Waals surface area contributed by atoms with Crippen LogP contribution >= 0.6 is 0 Å². The lowest BCUT2D eigenvalue weighted by Crippen LogP contribution is -2.49. The standard InChI is InChI=1S/C28H32FN5O/c1-3-25-27(21-7-9-26(30-2)32-17-21)22(10-11-31-25)20-6-8-23(24(29)16-20)28(35)34-14-12-33(13-15-34)18-19-4-5-19/h6-11,16-17,19H,3-5,12-15,18H2,1-2H3,(H,30,32). The van der Waals surface area contributed by atoms with Crippen LogP contribution in [-0.4, -0.2) is 65.4 Å². The minimum Gasteiger partial charge on any atom is -0.373 e. The summed E-state index contributed by atoms with van der Waals surface area (Å²) in [6, 6.07) is 10.8. The molecule has 1 N–H and O–H groups in total. The molecule has 0 bridgehead atoms. The second-order valence-electron chi connectivity index (χ2n) is 9.45. The fourth-order valence-electron chi connectivity index (χ4n) is 4.85. The molecular formula is C28H32FN5O. The van der Waals surface area contributed by atoms with Gasteiger partial charge in [-0.05, 0) is 66.6 Å². The number of carbonyl (C=O) groups excluding carboxylic acids is 1. The Hall–Kier alpha value is -3.32. The first-order valence-corrected chi connectivity index (χ1v) is 12.5. The van der Waals surface area contributed by atoms with E-state index in [0.717, 1.165) is 65.7 Å². The second kappa shape index (κ2) is 10.1. The Balaban J connectivity index is 1.40. The highest BCUT2D eigenvalue weighted by Crippen LogP contribution is 2.35. The lowest BCUT2D eigenvalue weighted by atomic mass is 9.93. The van der Waals surface area contributed by atoms with E-state index in [1.807, 2.05) is 37.5 Å². The summed E-state index contributed by atoms with van der Waals surface area (Å²) in [4.78, 5) is 26.3. The van der Waals surface area contributed by atoms with Crippen LogP contribution in [-0.2, 0) is 6.42 Å². The maximum absolute atomic E-state index is 15.3. The summed E-state index contributed by atoms with van der Waals surface area (Å²) >= 11 is 0. The minimum absolute atomic E-state index is 0.135. The van der Waals surface area contributed by atoms with Crippen molar-refractivity contribution in [3.8, 4) is 22.3 Å². The monoisotopic (exact) mass is 473 g/mol. The summed E-state index contributed by atoms with van der Waals surface area (Å²) in [5, 5.41) is 3.03. The summed E-state index contributed by atoms with van der Waals surface area (Å²) in [5.41, 5.74) is 4.52. The number of rotatable bonds is 7. The van der Waals surface area contributed by atoms with Crippen molar-refractivity contribution in [3.63, 3.8) is 0 Å². The zero-order valence-electron chi connectivity index (χ0n) is 20.4. The van der Waals surface area contributed by atoms with Gasteiger partial charge in [0.05, 0.1) is 5.56 Å². The number of nitrogens with one attached hydrogen (secondary N) is 1. The van der Waals surface area contributed by atoms with E-state index >= 15 is 4.39 Å². The van der Waals surface area contributed by atoms with E-state index in [0.29, 0.717) is 13.1 Å². The molecule has 0 radical (unpaired) electrons. The number of halogens is 1. The third kappa shape index (κ3) is 5.05. The van der Waals surface area contributed by atoms with Crippen LogP contribution in [0.5, 0.6) is 0 Å². The fraction of sp³-hybridized carbons (Fsp3) is 0.393. The average Bonchev–Trinajstić information content (AvgIpc) is 3.72. The molecule has 182 valence electrons. The highest BCUT2D eigenvalue weighted by molar-refractivity contribution is 5.95. The number of hydrogen-bond acceptors (Lipinski definition) is 5. The lowest BCUT2D eigenvalue weighted by molar-refractivity contribution is 0.0627. The van der Waals surface area contributed by atoms with Crippen molar-refractivity contribution in [1.29, 1.82) is 0 Å². The van der Waals surface area contributed by atoms with Crippen molar-refractivity contribution >= 4 is 11.7 Å². The first kappa shape index (κ1) is 23.4. The van der Waals surface area contributed by atoms with E-state index in [2.05, 4.69) is 27.1 Å². The molecular weight excluding hydrogens is 441 g/mol. The largest absolute Gasteiger partial charge is 0.373 e. The zero-order chi connectivity index (χ0) is 24.4. The molecule has 2 aromatic heterocycles. The SMILES string of the molecule is CCc1nccc(-c2ccc(C(=O)N3CCN(CC4CC4)CC3)c(F)c2)c1-c1ccc(NC)nc1. The number of carbonyl (C=O) groups is 1. The number of nitrogens with zero attached hydrogens (tertiary/aromatic N) is 4. The molecule has 6 nitrogen and oxygen atoms in total. The van der Waals surface area contributed by atoms with Gasteiger partial charge in [0.25, 0.3) is 5.91 Å². The molecule has 1 aliphatic carbocycles. The van der Waals surface area contributed by atoms with E-state index < -0.39 is 5.82 Å². The summed E-state index contributed by atoms with van der Waals surface area (Å²) in [6.45, 7) is 6.21. The van der Waals surface area contributed by atoms with E-state index in [4.69, 9.17) is 0 Å². The van der Waals surface area contributed by atoms with E-state index in [9.17, 15) is 4.79 Å². The van der Waals surface area contributed by atoms with Crippen LogP contribution in [0, 0.1) is 11.7 Å². The molecule has 0 atom stereocenters. The molecule has 1 aromatic carbocycles. The molecule has 7 heteroatoms. The van der Waals surface area contributed by atoms with Gasteiger partial charge in [0, 0.05) is 69.0 Å². The first-order chi connectivity index (χ1) is 17.1. The summed E-state index contributed by atoms with van der Waals surface area (Å²) in [6.07, 6.45) is 6.96. The molecule has 1 aliphatic heterocycles. The summed E-state index contributed by atoms with van der Waals surface area (Å²) in [5.74, 6) is 0.902. The van der Waals surface area contributed by atoms with E-state index in [1.54, 1.807) is 17.2 Å². The van der Waals surface area contributed by atoms with Crippen molar-refractivity contribution in [3.05, 3.63) is 65.9 Å². The van der Waals surface area contributed by atoms with Gasteiger partial charge in [-0.1, -0.05) is 13.0 Å². The normalized spacial score (nSPS) is 16.4. The first-order valence-electron chi connectivity index (χ1n) is 12.5. The van der Waals surface area contributed by atoms with Gasteiger partial charge in [0.2, 0.25) is 0 Å². The number of amides is 1. The number of anilines is 1. The Labute approximate surface area is 206 Å². The van der Waals surface area contributed by atoms with Gasteiger partial charge in [0.1, 0.15) is 11.6 Å². The molecule has 0 spiro atoms. The third-order valence-corrected chi connectivity index (χ3v) is 7.06. The zero-order valence-corrected chi connectivity index (χ0v) is 20.4. The maximum Gasteiger partial charge on any atom is 0.256 e. The second-order valence-corrected chi connectivity index (χ2v) is 9.45. The van der Waals surface area contributed by atoms with Crippen molar-refractivity contribution in [1.82, 2.24) is 19.8 Å². The number of aromatic nitrogens is 2. The molecule has 2 aliphatic rings. The molecule has 0 unspecified atom stereocenters. The van der Waals surface area contributed by atoms with Crippen LogP contribution in [0.15, 0.2) is 48.8 Å². The highest BCUT2D eigenvalue weighted by Gasteiger charge is 2.29. The number of pyridine rings is 2. The molecule has 3 heterocycles. The predicted molar refractivity (Wildman–Crippen MR) is 137 cm³/mol. The number of benzene rings is 1. The van der Waals surface area contributed by atoms with E-state index in [1.165, 1.54) is 18.9 Å². The van der Waals surface area contributed by atoms with Crippen LogP contribution in [0.1, 0.15) is 35.8 Å². The van der Waals surface area contributed by atoms with Crippen LogP contribution in [0.3, 0.4) is 0 Å².